The van der Waals surface area contributed by atoms with Crippen molar-refractivity contribution < 1.29 is 4.79 Å². The lowest BCUT2D eigenvalue weighted by Crippen LogP contribution is -2.24. The molecule has 0 aliphatic rings. The van der Waals surface area contributed by atoms with Gasteiger partial charge in [-0.15, -0.1) is 0 Å². The van der Waals surface area contributed by atoms with Gasteiger partial charge in [0, 0.05) is 19.7 Å². The summed E-state index contributed by atoms with van der Waals surface area (Å²) in [4.78, 5) is 26.2. The van der Waals surface area contributed by atoms with Crippen molar-refractivity contribution in [3.63, 3.8) is 0 Å². The van der Waals surface area contributed by atoms with E-state index in [1.807, 2.05) is 0 Å². The molecule has 0 aliphatic heterocycles. The Morgan fingerprint density at radius 2 is 2.18 bits per heavy atom. The van der Waals surface area contributed by atoms with Crippen molar-refractivity contribution in [2.24, 2.45) is 0 Å². The summed E-state index contributed by atoms with van der Waals surface area (Å²) in [5.41, 5.74) is -0.312. The number of nitrogens with zero attached hydrogens (tertiary/aromatic N) is 2. The first-order valence-electron chi connectivity index (χ1n) is 5.98. The van der Waals surface area contributed by atoms with Crippen LogP contribution < -0.4 is 11.0 Å². The third-order valence-electron chi connectivity index (χ3n) is 2.43. The van der Waals surface area contributed by atoms with Crippen LogP contribution in [0.15, 0.2) is 17.1 Å². The molecular weight excluding hydrogens is 218 g/mol. The number of hydrogen-bond donors (Lipinski definition) is 1. The molecular formula is C12H19N3O2. The molecule has 1 aromatic rings. The number of anilines is 1. The fraction of sp³-hybridized carbons (Fsp3) is 0.583. The van der Waals surface area contributed by atoms with Crippen LogP contribution in [0, 0.1) is 0 Å². The lowest BCUT2D eigenvalue weighted by Gasteiger charge is -2.06. The molecule has 0 aliphatic carbocycles. The van der Waals surface area contributed by atoms with Crippen molar-refractivity contribution in [3.05, 3.63) is 22.7 Å². The van der Waals surface area contributed by atoms with Crippen molar-refractivity contribution in [1.82, 2.24) is 9.55 Å². The predicted octanol–water partition coefficient (Wildman–Crippen LogP) is 1.78. The van der Waals surface area contributed by atoms with E-state index in [1.165, 1.54) is 19.8 Å². The molecule has 0 radical (unpaired) electrons. The standard InChI is InChI=1S/C12H19N3O2/c1-3-4-5-6-8-15-9-7-11(13-10(2)16)14-12(15)17/h7,9H,3-6,8H2,1-2H3,(H,13,14,16,17). The zero-order valence-electron chi connectivity index (χ0n) is 10.4. The monoisotopic (exact) mass is 237 g/mol. The third kappa shape index (κ3) is 4.80. The Kier molecular flexibility index (Phi) is 5.39. The molecule has 0 aromatic carbocycles. The van der Waals surface area contributed by atoms with Crippen LogP contribution in [0.2, 0.25) is 0 Å². The van der Waals surface area contributed by atoms with Crippen LogP contribution in [0.4, 0.5) is 5.82 Å². The van der Waals surface area contributed by atoms with Gasteiger partial charge in [0.15, 0.2) is 0 Å². The highest BCUT2D eigenvalue weighted by Gasteiger charge is 2.01. The number of nitrogens with one attached hydrogen (secondary N) is 1. The Bertz CT molecular complexity index is 426. The fourth-order valence-corrected chi connectivity index (χ4v) is 1.56. The molecule has 94 valence electrons. The molecule has 1 N–H and O–H groups in total. The van der Waals surface area contributed by atoms with Crippen LogP contribution in [-0.4, -0.2) is 15.5 Å². The molecule has 1 rings (SSSR count). The molecule has 5 heteroatoms. The summed E-state index contributed by atoms with van der Waals surface area (Å²) < 4.78 is 1.57. The van der Waals surface area contributed by atoms with E-state index in [9.17, 15) is 9.59 Å². The molecule has 0 fully saturated rings. The Hall–Kier alpha value is -1.65. The maximum absolute atomic E-state index is 11.6. The van der Waals surface area contributed by atoms with Crippen LogP contribution in [0.5, 0.6) is 0 Å². The second-order valence-corrected chi connectivity index (χ2v) is 4.03. The number of aromatic nitrogens is 2. The summed E-state index contributed by atoms with van der Waals surface area (Å²) in [6, 6.07) is 1.64. The molecule has 0 atom stereocenters. The quantitative estimate of drug-likeness (QED) is 0.767. The van der Waals surface area contributed by atoms with E-state index >= 15 is 0 Å². The molecule has 1 aromatic heterocycles. The van der Waals surface area contributed by atoms with Gasteiger partial charge in [-0.2, -0.15) is 4.98 Å². The predicted molar refractivity (Wildman–Crippen MR) is 66.9 cm³/mol. The maximum atomic E-state index is 11.6. The van der Waals surface area contributed by atoms with Gasteiger partial charge in [-0.05, 0) is 12.5 Å². The number of rotatable bonds is 6. The Labute approximate surface area is 101 Å². The average Bonchev–Trinajstić information content (AvgIpc) is 2.26. The second kappa shape index (κ2) is 6.83. The summed E-state index contributed by atoms with van der Waals surface area (Å²) in [6.45, 7) is 4.22. The fourth-order valence-electron chi connectivity index (χ4n) is 1.56. The number of carbonyl (C=O) groups excluding carboxylic acids is 1. The molecule has 1 amide bonds. The first kappa shape index (κ1) is 13.4. The van der Waals surface area contributed by atoms with Crippen molar-refractivity contribution in [2.75, 3.05) is 5.32 Å². The minimum Gasteiger partial charge on any atom is -0.311 e. The SMILES string of the molecule is CCCCCCn1ccc(NC(C)=O)nc1=O. The smallest absolute Gasteiger partial charge is 0.311 e. The van der Waals surface area contributed by atoms with Gasteiger partial charge in [-0.25, -0.2) is 4.79 Å². The van der Waals surface area contributed by atoms with E-state index in [0.29, 0.717) is 12.4 Å². The molecule has 0 saturated heterocycles. The van der Waals surface area contributed by atoms with Crippen LogP contribution in [0.1, 0.15) is 39.5 Å². The summed E-state index contributed by atoms with van der Waals surface area (Å²) in [5, 5.41) is 2.49. The van der Waals surface area contributed by atoms with E-state index < -0.39 is 0 Å². The highest BCUT2D eigenvalue weighted by atomic mass is 16.2. The normalized spacial score (nSPS) is 10.2. The van der Waals surface area contributed by atoms with Crippen molar-refractivity contribution >= 4 is 11.7 Å². The Balaban J connectivity index is 2.57. The van der Waals surface area contributed by atoms with E-state index in [2.05, 4.69) is 17.2 Å². The Morgan fingerprint density at radius 1 is 1.41 bits per heavy atom. The molecule has 17 heavy (non-hydrogen) atoms. The third-order valence-corrected chi connectivity index (χ3v) is 2.43. The van der Waals surface area contributed by atoms with E-state index in [1.54, 1.807) is 16.8 Å². The van der Waals surface area contributed by atoms with Gasteiger partial charge in [0.05, 0.1) is 0 Å². The van der Waals surface area contributed by atoms with Crippen LogP contribution >= 0.6 is 0 Å². The number of carbonyl (C=O) groups is 1. The topological polar surface area (TPSA) is 64.0 Å². The highest BCUT2D eigenvalue weighted by Crippen LogP contribution is 2.02. The second-order valence-electron chi connectivity index (χ2n) is 4.03. The van der Waals surface area contributed by atoms with Gasteiger partial charge in [0.1, 0.15) is 5.82 Å². The molecule has 0 bridgehead atoms. The first-order valence-corrected chi connectivity index (χ1v) is 5.98. The Morgan fingerprint density at radius 3 is 2.76 bits per heavy atom. The van der Waals surface area contributed by atoms with E-state index in [4.69, 9.17) is 0 Å². The summed E-state index contributed by atoms with van der Waals surface area (Å²) in [5.74, 6) is 0.0879. The van der Waals surface area contributed by atoms with Gasteiger partial charge in [0.2, 0.25) is 5.91 Å². The minimum atomic E-state index is -0.312. The number of hydrogen-bond acceptors (Lipinski definition) is 3. The maximum Gasteiger partial charge on any atom is 0.349 e. The van der Waals surface area contributed by atoms with E-state index in [0.717, 1.165) is 12.8 Å². The lowest BCUT2D eigenvalue weighted by atomic mass is 10.2. The van der Waals surface area contributed by atoms with Gasteiger partial charge < -0.3 is 5.32 Å². The molecule has 0 spiro atoms. The van der Waals surface area contributed by atoms with Gasteiger partial charge in [0.25, 0.3) is 0 Å². The molecule has 1 heterocycles. The van der Waals surface area contributed by atoms with Gasteiger partial charge in [-0.1, -0.05) is 26.2 Å². The van der Waals surface area contributed by atoms with Crippen LogP contribution in [0.3, 0.4) is 0 Å². The largest absolute Gasteiger partial charge is 0.349 e. The van der Waals surface area contributed by atoms with Crippen LogP contribution in [0.25, 0.3) is 0 Å². The first-order chi connectivity index (χ1) is 8.13. The van der Waals surface area contributed by atoms with Crippen molar-refractivity contribution in [1.29, 1.82) is 0 Å². The van der Waals surface area contributed by atoms with Crippen molar-refractivity contribution in [2.45, 2.75) is 46.1 Å². The van der Waals surface area contributed by atoms with Gasteiger partial charge >= 0.3 is 5.69 Å². The lowest BCUT2D eigenvalue weighted by molar-refractivity contribution is -0.114. The number of amides is 1. The van der Waals surface area contributed by atoms with Crippen LogP contribution in [-0.2, 0) is 11.3 Å². The van der Waals surface area contributed by atoms with Gasteiger partial charge in [-0.3, -0.25) is 9.36 Å². The average molecular weight is 237 g/mol. The summed E-state index contributed by atoms with van der Waals surface area (Å²) >= 11 is 0. The van der Waals surface area contributed by atoms with Crippen molar-refractivity contribution in [3.8, 4) is 0 Å². The number of aryl methyl sites for hydroxylation is 1. The summed E-state index contributed by atoms with van der Waals surface area (Å²) in [7, 11) is 0. The number of unbranched alkanes of at least 4 members (excludes halogenated alkanes) is 3. The minimum absolute atomic E-state index is 0.224. The highest BCUT2D eigenvalue weighted by molar-refractivity contribution is 5.87. The summed E-state index contributed by atoms with van der Waals surface area (Å²) in [6.07, 6.45) is 6.14. The van der Waals surface area contributed by atoms with E-state index in [-0.39, 0.29) is 11.6 Å². The molecule has 5 nitrogen and oxygen atoms in total. The zero-order valence-corrected chi connectivity index (χ0v) is 10.4. The zero-order chi connectivity index (χ0) is 12.7. The molecule has 0 unspecified atom stereocenters. The molecule has 0 saturated carbocycles.